The fourth-order valence-electron chi connectivity index (χ4n) is 2.16. The third-order valence-electron chi connectivity index (χ3n) is 3.54. The molecule has 0 aliphatic rings. The van der Waals surface area contributed by atoms with E-state index in [2.05, 4.69) is 72.6 Å². The summed E-state index contributed by atoms with van der Waals surface area (Å²) in [7, 11) is 0. The summed E-state index contributed by atoms with van der Waals surface area (Å²) < 4.78 is 0. The van der Waals surface area contributed by atoms with Crippen LogP contribution in [-0.2, 0) is 6.42 Å². The Kier molecular flexibility index (Phi) is 6.99. The maximum absolute atomic E-state index is 4.11. The summed E-state index contributed by atoms with van der Waals surface area (Å²) in [6, 6.07) is 16.7. The molecule has 0 bridgehead atoms. The van der Waals surface area contributed by atoms with Crippen molar-refractivity contribution >= 4 is 12.4 Å². The molecule has 0 radical (unpaired) electrons. The Labute approximate surface area is 139 Å². The molecular formula is C21H24N2. The van der Waals surface area contributed by atoms with E-state index in [1.807, 2.05) is 12.1 Å². The topological polar surface area (TPSA) is 24.7 Å². The lowest BCUT2D eigenvalue weighted by Gasteiger charge is -1.99. The molecule has 0 heterocycles. The molecule has 0 spiro atoms. The van der Waals surface area contributed by atoms with E-state index in [1.54, 1.807) is 12.4 Å². The standard InChI is InChI=1S/C21H24N2/c1-3-4-5-6-7-19-12-14-21(15-13-19)17-23-22-16-20-10-8-18(2)9-11-20/h4-5,8-17H,3,6-7H2,1-2H3. The van der Waals surface area contributed by atoms with E-state index in [0.29, 0.717) is 0 Å². The predicted molar refractivity (Wildman–Crippen MR) is 101 cm³/mol. The molecule has 0 aliphatic heterocycles. The Morgan fingerprint density at radius 1 is 0.783 bits per heavy atom. The lowest BCUT2D eigenvalue weighted by Crippen LogP contribution is -1.86. The number of nitrogens with zero attached hydrogens (tertiary/aromatic N) is 2. The van der Waals surface area contributed by atoms with E-state index in [9.17, 15) is 0 Å². The van der Waals surface area contributed by atoms with Crippen molar-refractivity contribution in [3.63, 3.8) is 0 Å². The second-order valence-electron chi connectivity index (χ2n) is 5.56. The molecule has 118 valence electrons. The molecular weight excluding hydrogens is 280 g/mol. The van der Waals surface area contributed by atoms with Gasteiger partial charge in [-0.1, -0.05) is 73.2 Å². The molecule has 0 aromatic heterocycles. The molecule has 2 nitrogen and oxygen atoms in total. The van der Waals surface area contributed by atoms with Gasteiger partial charge < -0.3 is 0 Å². The summed E-state index contributed by atoms with van der Waals surface area (Å²) in [6.07, 6.45) is 11.3. The lowest BCUT2D eigenvalue weighted by atomic mass is 10.1. The van der Waals surface area contributed by atoms with Gasteiger partial charge in [0.2, 0.25) is 0 Å². The Bertz CT molecular complexity index is 662. The van der Waals surface area contributed by atoms with Crippen molar-refractivity contribution in [1.82, 2.24) is 0 Å². The maximum atomic E-state index is 4.11. The first-order valence-corrected chi connectivity index (χ1v) is 8.15. The molecule has 0 saturated heterocycles. The minimum Gasteiger partial charge on any atom is -0.159 e. The number of aryl methyl sites for hydroxylation is 2. The first-order valence-electron chi connectivity index (χ1n) is 8.15. The predicted octanol–water partition coefficient (Wildman–Crippen LogP) is 5.35. The highest BCUT2D eigenvalue weighted by molar-refractivity contribution is 5.82. The summed E-state index contributed by atoms with van der Waals surface area (Å²) in [5.41, 5.74) is 4.73. The highest BCUT2D eigenvalue weighted by Crippen LogP contribution is 2.06. The van der Waals surface area contributed by atoms with Crippen LogP contribution in [0.4, 0.5) is 0 Å². The Hall–Kier alpha value is -2.48. The van der Waals surface area contributed by atoms with Crippen LogP contribution in [0.5, 0.6) is 0 Å². The maximum Gasteiger partial charge on any atom is 0.0568 e. The largest absolute Gasteiger partial charge is 0.159 e. The Morgan fingerprint density at radius 3 is 1.91 bits per heavy atom. The molecule has 0 saturated carbocycles. The van der Waals surface area contributed by atoms with Gasteiger partial charge in [0.05, 0.1) is 12.4 Å². The van der Waals surface area contributed by atoms with Crippen LogP contribution in [0.2, 0.25) is 0 Å². The lowest BCUT2D eigenvalue weighted by molar-refractivity contribution is 0.992. The van der Waals surface area contributed by atoms with Crippen LogP contribution in [0, 0.1) is 6.92 Å². The summed E-state index contributed by atoms with van der Waals surface area (Å²) in [5.74, 6) is 0. The van der Waals surface area contributed by atoms with Crippen LogP contribution in [0.3, 0.4) is 0 Å². The molecule has 2 rings (SSSR count). The van der Waals surface area contributed by atoms with E-state index in [4.69, 9.17) is 0 Å². The first kappa shape index (κ1) is 16.9. The van der Waals surface area contributed by atoms with Gasteiger partial charge in [0.15, 0.2) is 0 Å². The van der Waals surface area contributed by atoms with Crippen LogP contribution < -0.4 is 0 Å². The molecule has 0 N–H and O–H groups in total. The van der Waals surface area contributed by atoms with Crippen molar-refractivity contribution in [3.05, 3.63) is 82.9 Å². The summed E-state index contributed by atoms with van der Waals surface area (Å²) in [6.45, 7) is 4.23. The quantitative estimate of drug-likeness (QED) is 0.374. The van der Waals surface area contributed by atoms with Gasteiger partial charge in [0, 0.05) is 0 Å². The summed E-state index contributed by atoms with van der Waals surface area (Å²) in [5, 5.41) is 8.20. The second kappa shape index (κ2) is 9.52. The summed E-state index contributed by atoms with van der Waals surface area (Å²) in [4.78, 5) is 0. The third kappa shape index (κ3) is 6.43. The molecule has 0 aliphatic carbocycles. The number of rotatable bonds is 7. The molecule has 0 atom stereocenters. The van der Waals surface area contributed by atoms with Gasteiger partial charge in [0.1, 0.15) is 0 Å². The number of hydrogen-bond donors (Lipinski definition) is 0. The van der Waals surface area contributed by atoms with E-state index in [1.165, 1.54) is 11.1 Å². The minimum atomic E-state index is 1.06. The zero-order valence-electron chi connectivity index (χ0n) is 13.9. The van der Waals surface area contributed by atoms with Gasteiger partial charge >= 0.3 is 0 Å². The van der Waals surface area contributed by atoms with Crippen molar-refractivity contribution in [1.29, 1.82) is 0 Å². The van der Waals surface area contributed by atoms with Crippen molar-refractivity contribution in [3.8, 4) is 0 Å². The van der Waals surface area contributed by atoms with Crippen LogP contribution in [-0.4, -0.2) is 12.4 Å². The van der Waals surface area contributed by atoms with Crippen molar-refractivity contribution in [2.45, 2.75) is 33.1 Å². The monoisotopic (exact) mass is 304 g/mol. The third-order valence-corrected chi connectivity index (χ3v) is 3.54. The molecule has 0 amide bonds. The van der Waals surface area contributed by atoms with E-state index >= 15 is 0 Å². The Morgan fingerprint density at radius 2 is 1.35 bits per heavy atom. The van der Waals surface area contributed by atoms with E-state index in [-0.39, 0.29) is 0 Å². The van der Waals surface area contributed by atoms with Crippen molar-refractivity contribution < 1.29 is 0 Å². The second-order valence-corrected chi connectivity index (χ2v) is 5.56. The fourth-order valence-corrected chi connectivity index (χ4v) is 2.16. The molecule has 2 aromatic carbocycles. The molecule has 23 heavy (non-hydrogen) atoms. The fraction of sp³-hybridized carbons (Fsp3) is 0.238. The molecule has 0 fully saturated rings. The minimum absolute atomic E-state index is 1.06. The number of hydrogen-bond acceptors (Lipinski definition) is 2. The van der Waals surface area contributed by atoms with Gasteiger partial charge in [-0.25, -0.2) is 0 Å². The molecule has 0 unspecified atom stereocenters. The average Bonchev–Trinajstić information content (AvgIpc) is 2.58. The van der Waals surface area contributed by atoms with Crippen LogP contribution in [0.1, 0.15) is 42.0 Å². The Balaban J connectivity index is 1.85. The zero-order valence-corrected chi connectivity index (χ0v) is 13.9. The van der Waals surface area contributed by atoms with Gasteiger partial charge in [-0.3, -0.25) is 0 Å². The number of benzene rings is 2. The highest BCUT2D eigenvalue weighted by Gasteiger charge is 1.92. The average molecular weight is 304 g/mol. The van der Waals surface area contributed by atoms with E-state index in [0.717, 1.165) is 30.4 Å². The van der Waals surface area contributed by atoms with Gasteiger partial charge in [-0.15, -0.1) is 0 Å². The van der Waals surface area contributed by atoms with Crippen molar-refractivity contribution in [2.24, 2.45) is 10.2 Å². The van der Waals surface area contributed by atoms with Crippen molar-refractivity contribution in [2.75, 3.05) is 0 Å². The number of allylic oxidation sites excluding steroid dienone is 2. The van der Waals surface area contributed by atoms with Gasteiger partial charge in [-0.05, 0) is 42.9 Å². The highest BCUT2D eigenvalue weighted by atomic mass is 15.2. The van der Waals surface area contributed by atoms with Gasteiger partial charge in [-0.2, -0.15) is 10.2 Å². The zero-order chi connectivity index (χ0) is 16.3. The van der Waals surface area contributed by atoms with Crippen LogP contribution in [0.25, 0.3) is 0 Å². The molecule has 2 aromatic rings. The summed E-state index contributed by atoms with van der Waals surface area (Å²) >= 11 is 0. The van der Waals surface area contributed by atoms with Crippen LogP contribution >= 0.6 is 0 Å². The van der Waals surface area contributed by atoms with Crippen LogP contribution in [0.15, 0.2) is 70.9 Å². The molecule has 2 heteroatoms. The van der Waals surface area contributed by atoms with E-state index < -0.39 is 0 Å². The smallest absolute Gasteiger partial charge is 0.0568 e. The van der Waals surface area contributed by atoms with Gasteiger partial charge in [0.25, 0.3) is 0 Å². The first-order chi connectivity index (χ1) is 11.3. The normalized spacial score (nSPS) is 11.9. The SMILES string of the molecule is CCC=CCCc1ccc(C=NN=Cc2ccc(C)cc2)cc1.